The van der Waals surface area contributed by atoms with Gasteiger partial charge in [-0.15, -0.1) is 11.3 Å². The van der Waals surface area contributed by atoms with Crippen LogP contribution in [0.1, 0.15) is 13.3 Å². The highest BCUT2D eigenvalue weighted by molar-refractivity contribution is 8.02. The molecule has 9 heteroatoms. The molecule has 0 unspecified atom stereocenters. The van der Waals surface area contributed by atoms with Crippen LogP contribution < -0.4 is 19.1 Å². The minimum absolute atomic E-state index is 0.101. The van der Waals surface area contributed by atoms with Crippen molar-refractivity contribution in [2.75, 3.05) is 25.7 Å². The second kappa shape index (κ2) is 8.53. The van der Waals surface area contributed by atoms with E-state index in [9.17, 15) is 9.59 Å². The van der Waals surface area contributed by atoms with Gasteiger partial charge in [0, 0.05) is 12.5 Å². The van der Waals surface area contributed by atoms with Crippen LogP contribution in [0.2, 0.25) is 0 Å². The third-order valence-corrected chi connectivity index (χ3v) is 6.92. The number of fused-ring (bicyclic) bond motifs is 1. The highest BCUT2D eigenvalue weighted by atomic mass is 32.2. The molecule has 4 rings (SSSR count). The van der Waals surface area contributed by atoms with Crippen LogP contribution >= 0.6 is 23.1 Å². The monoisotopic (exact) mass is 444 g/mol. The fraction of sp³-hybridized carbons (Fsp3) is 0.286. The van der Waals surface area contributed by atoms with Crippen molar-refractivity contribution in [3.8, 4) is 17.2 Å². The Morgan fingerprint density at radius 1 is 1.13 bits per heavy atom. The van der Waals surface area contributed by atoms with Crippen molar-refractivity contribution < 1.29 is 23.8 Å². The van der Waals surface area contributed by atoms with Crippen LogP contribution in [0.15, 0.2) is 40.7 Å². The van der Waals surface area contributed by atoms with E-state index >= 15 is 0 Å². The van der Waals surface area contributed by atoms with Crippen molar-refractivity contribution in [3.63, 3.8) is 0 Å². The van der Waals surface area contributed by atoms with Gasteiger partial charge in [0.1, 0.15) is 22.5 Å². The summed E-state index contributed by atoms with van der Waals surface area (Å²) in [6.45, 7) is 2.53. The lowest BCUT2D eigenvalue weighted by Gasteiger charge is -2.18. The van der Waals surface area contributed by atoms with Crippen molar-refractivity contribution in [1.82, 2.24) is 4.98 Å². The van der Waals surface area contributed by atoms with Crippen molar-refractivity contribution in [2.45, 2.75) is 22.9 Å². The lowest BCUT2D eigenvalue weighted by atomic mass is 10.2. The standard InChI is InChI=1S/C21H20N2O5S2/c1-4-28-13-5-7-14-17(10-13)29-21(22-14)30-18-11-19(24)23(20(18)25)15-9-12(26-2)6-8-16(15)27-3/h5-10,18H,4,11H2,1-3H3/t18-/m1/s1. The molecule has 2 heterocycles. The number of hydrogen-bond donors (Lipinski definition) is 0. The molecule has 0 aliphatic carbocycles. The summed E-state index contributed by atoms with van der Waals surface area (Å²) < 4.78 is 17.8. The summed E-state index contributed by atoms with van der Waals surface area (Å²) in [5.74, 6) is 1.20. The SMILES string of the molecule is CCOc1ccc2nc(S[C@@H]3CC(=O)N(c4cc(OC)ccc4OC)C3=O)sc2c1. The van der Waals surface area contributed by atoms with Gasteiger partial charge in [-0.05, 0) is 37.3 Å². The summed E-state index contributed by atoms with van der Waals surface area (Å²) in [7, 11) is 3.03. The maximum Gasteiger partial charge on any atom is 0.247 e. The predicted octanol–water partition coefficient (Wildman–Crippen LogP) is 4.14. The minimum atomic E-state index is -0.541. The minimum Gasteiger partial charge on any atom is -0.497 e. The number of anilines is 1. The third-order valence-electron chi connectivity index (χ3n) is 4.63. The Bertz CT molecular complexity index is 1110. The van der Waals surface area contributed by atoms with Gasteiger partial charge in [0.25, 0.3) is 0 Å². The fourth-order valence-corrected chi connectivity index (χ4v) is 5.60. The second-order valence-corrected chi connectivity index (χ2v) is 8.94. The first kappa shape index (κ1) is 20.5. The quantitative estimate of drug-likeness (QED) is 0.507. The first-order chi connectivity index (χ1) is 14.5. The average molecular weight is 445 g/mol. The van der Waals surface area contributed by atoms with Gasteiger partial charge in [-0.1, -0.05) is 11.8 Å². The largest absolute Gasteiger partial charge is 0.497 e. The number of benzene rings is 2. The second-order valence-electron chi connectivity index (χ2n) is 6.46. The molecular formula is C21H20N2O5S2. The molecule has 0 saturated carbocycles. The zero-order chi connectivity index (χ0) is 21.3. The Morgan fingerprint density at radius 3 is 2.67 bits per heavy atom. The van der Waals surface area contributed by atoms with Crippen LogP contribution in [0, 0.1) is 0 Å². The maximum atomic E-state index is 13.1. The van der Waals surface area contributed by atoms with Crippen molar-refractivity contribution in [1.29, 1.82) is 0 Å². The summed E-state index contributed by atoms with van der Waals surface area (Å²) in [5.41, 5.74) is 1.23. The van der Waals surface area contributed by atoms with E-state index in [-0.39, 0.29) is 18.2 Å². The predicted molar refractivity (Wildman–Crippen MR) is 117 cm³/mol. The summed E-state index contributed by atoms with van der Waals surface area (Å²) in [5, 5.41) is -0.541. The Balaban J connectivity index is 1.58. The highest BCUT2D eigenvalue weighted by Gasteiger charge is 2.42. The molecule has 156 valence electrons. The Labute approximate surface area is 181 Å². The molecule has 0 N–H and O–H groups in total. The molecule has 2 aromatic carbocycles. The van der Waals surface area contributed by atoms with Gasteiger partial charge in [0.05, 0.1) is 36.7 Å². The van der Waals surface area contributed by atoms with Crippen LogP contribution in [-0.4, -0.2) is 42.9 Å². The summed E-state index contributed by atoms with van der Waals surface area (Å²) >= 11 is 2.80. The number of thioether (sulfide) groups is 1. The van der Waals surface area contributed by atoms with E-state index in [0.29, 0.717) is 23.8 Å². The number of aromatic nitrogens is 1. The molecule has 0 bridgehead atoms. The van der Waals surface area contributed by atoms with Gasteiger partial charge >= 0.3 is 0 Å². The molecule has 1 saturated heterocycles. The van der Waals surface area contributed by atoms with Gasteiger partial charge < -0.3 is 14.2 Å². The summed E-state index contributed by atoms with van der Waals surface area (Å²) in [6, 6.07) is 10.7. The molecule has 1 atom stereocenters. The topological polar surface area (TPSA) is 78.0 Å². The van der Waals surface area contributed by atoms with Crippen LogP contribution in [0.25, 0.3) is 10.2 Å². The number of hydrogen-bond acceptors (Lipinski definition) is 8. The molecule has 30 heavy (non-hydrogen) atoms. The molecule has 1 aromatic heterocycles. The fourth-order valence-electron chi connectivity index (χ4n) is 3.23. The molecule has 3 aromatic rings. The van der Waals surface area contributed by atoms with Crippen LogP contribution in [0.5, 0.6) is 17.2 Å². The van der Waals surface area contributed by atoms with Gasteiger partial charge in [0.15, 0.2) is 4.34 Å². The van der Waals surface area contributed by atoms with E-state index in [1.807, 2.05) is 25.1 Å². The number of ether oxygens (including phenoxy) is 3. The number of imide groups is 1. The van der Waals surface area contributed by atoms with E-state index in [4.69, 9.17) is 14.2 Å². The Hall–Kier alpha value is -2.78. The Kier molecular flexibility index (Phi) is 5.83. The van der Waals surface area contributed by atoms with Gasteiger partial charge in [-0.3, -0.25) is 9.59 Å². The zero-order valence-corrected chi connectivity index (χ0v) is 18.3. The van der Waals surface area contributed by atoms with E-state index < -0.39 is 5.25 Å². The molecule has 0 spiro atoms. The number of rotatable bonds is 7. The number of thiazole rings is 1. The van der Waals surface area contributed by atoms with Crippen molar-refractivity contribution in [2.24, 2.45) is 0 Å². The number of carbonyl (C=O) groups is 2. The van der Waals surface area contributed by atoms with E-state index in [2.05, 4.69) is 4.98 Å². The van der Waals surface area contributed by atoms with Crippen molar-refractivity contribution >= 4 is 50.8 Å². The first-order valence-corrected chi connectivity index (χ1v) is 11.0. The molecular weight excluding hydrogens is 424 g/mol. The lowest BCUT2D eigenvalue weighted by Crippen LogP contribution is -2.31. The molecule has 7 nitrogen and oxygen atoms in total. The summed E-state index contributed by atoms with van der Waals surface area (Å²) in [4.78, 5) is 31.6. The molecule has 0 radical (unpaired) electrons. The van der Waals surface area contributed by atoms with Crippen LogP contribution in [-0.2, 0) is 9.59 Å². The smallest absolute Gasteiger partial charge is 0.247 e. The molecule has 1 fully saturated rings. The third kappa shape index (κ3) is 3.82. The molecule has 1 aliphatic rings. The maximum absolute atomic E-state index is 13.1. The molecule has 1 aliphatic heterocycles. The molecule has 2 amide bonds. The number of methoxy groups -OCH3 is 2. The summed E-state index contributed by atoms with van der Waals surface area (Å²) in [6.07, 6.45) is 0.101. The van der Waals surface area contributed by atoms with Crippen LogP contribution in [0.4, 0.5) is 5.69 Å². The zero-order valence-electron chi connectivity index (χ0n) is 16.7. The van der Waals surface area contributed by atoms with Gasteiger partial charge in [0.2, 0.25) is 11.8 Å². The number of nitrogens with zero attached hydrogens (tertiary/aromatic N) is 2. The lowest BCUT2D eigenvalue weighted by molar-refractivity contribution is -0.121. The van der Waals surface area contributed by atoms with Crippen LogP contribution in [0.3, 0.4) is 0 Å². The Morgan fingerprint density at radius 2 is 1.93 bits per heavy atom. The average Bonchev–Trinajstić information content (AvgIpc) is 3.27. The van der Waals surface area contributed by atoms with Gasteiger partial charge in [-0.2, -0.15) is 0 Å². The highest BCUT2D eigenvalue weighted by Crippen LogP contribution is 2.41. The van der Waals surface area contributed by atoms with E-state index in [1.54, 1.807) is 18.2 Å². The van der Waals surface area contributed by atoms with E-state index in [0.717, 1.165) is 20.3 Å². The number of amides is 2. The first-order valence-electron chi connectivity index (χ1n) is 9.33. The normalized spacial score (nSPS) is 16.4. The van der Waals surface area contributed by atoms with Crippen molar-refractivity contribution in [3.05, 3.63) is 36.4 Å². The van der Waals surface area contributed by atoms with Gasteiger partial charge in [-0.25, -0.2) is 9.88 Å². The number of carbonyl (C=O) groups excluding carboxylic acids is 2. The van der Waals surface area contributed by atoms with E-state index in [1.165, 1.54) is 42.2 Å².